The molecular weight excluding hydrogens is 263 g/mol. The van der Waals surface area contributed by atoms with Gasteiger partial charge >= 0.3 is 5.97 Å². The fraction of sp³-hybridized carbons (Fsp3) is 0.583. The number of methoxy groups -OCH3 is 2. The van der Waals surface area contributed by atoms with E-state index >= 15 is 0 Å². The molecule has 5 heteroatoms. The van der Waals surface area contributed by atoms with Gasteiger partial charge in [-0.25, -0.2) is 0 Å². The number of alkyl halides is 1. The number of carbonyl (C=O) groups is 1. The third kappa shape index (κ3) is 4.70. The van der Waals surface area contributed by atoms with Gasteiger partial charge in [0.25, 0.3) is 0 Å². The smallest absolute Gasteiger partial charge is 0.319 e. The molecule has 0 N–H and O–H groups in total. The van der Waals surface area contributed by atoms with E-state index in [2.05, 4.69) is 0 Å². The molecule has 0 aromatic rings. The predicted molar refractivity (Wildman–Crippen MR) is 70.4 cm³/mol. The van der Waals surface area contributed by atoms with Crippen molar-refractivity contribution in [2.24, 2.45) is 5.41 Å². The molecule has 0 radical (unpaired) electrons. The maximum absolute atomic E-state index is 11.7. The second-order valence-corrected chi connectivity index (χ2v) is 4.57. The second-order valence-electron chi connectivity index (χ2n) is 3.85. The molecular formula is C12H18Cl2O3. The summed E-state index contributed by atoms with van der Waals surface area (Å²) >= 11 is 11.7. The predicted octanol–water partition coefficient (Wildman–Crippen LogP) is 3.12. The first-order valence-electron chi connectivity index (χ1n) is 5.10. The van der Waals surface area contributed by atoms with Crippen LogP contribution < -0.4 is 0 Å². The minimum Gasteiger partial charge on any atom is -0.468 e. The van der Waals surface area contributed by atoms with Gasteiger partial charge in [0.05, 0.1) is 13.7 Å². The van der Waals surface area contributed by atoms with Crippen LogP contribution in [0.4, 0.5) is 0 Å². The second kappa shape index (κ2) is 7.75. The third-order valence-corrected chi connectivity index (χ3v) is 3.03. The average molecular weight is 281 g/mol. The number of esters is 1. The molecule has 0 rings (SSSR count). The van der Waals surface area contributed by atoms with Gasteiger partial charge in [0.15, 0.2) is 0 Å². The van der Waals surface area contributed by atoms with Crippen LogP contribution >= 0.6 is 23.2 Å². The zero-order chi connectivity index (χ0) is 13.5. The maximum atomic E-state index is 11.7. The van der Waals surface area contributed by atoms with Gasteiger partial charge in [-0.15, -0.1) is 11.6 Å². The minimum absolute atomic E-state index is 0.156. The Kier molecular flexibility index (Phi) is 7.51. The molecule has 1 unspecified atom stereocenters. The fourth-order valence-electron chi connectivity index (χ4n) is 1.28. The van der Waals surface area contributed by atoms with E-state index in [1.54, 1.807) is 19.1 Å². The van der Waals surface area contributed by atoms with Crippen LogP contribution in [-0.2, 0) is 14.3 Å². The summed E-state index contributed by atoms with van der Waals surface area (Å²) < 4.78 is 9.76. The van der Waals surface area contributed by atoms with Crippen LogP contribution in [0.15, 0.2) is 22.8 Å². The Morgan fingerprint density at radius 1 is 1.41 bits per heavy atom. The van der Waals surface area contributed by atoms with Crippen LogP contribution in [0.2, 0.25) is 0 Å². The summed E-state index contributed by atoms with van der Waals surface area (Å²) in [6, 6.07) is 0. The molecule has 0 aromatic carbocycles. The normalized spacial score (nSPS) is 16.6. The average Bonchev–Trinajstić information content (AvgIpc) is 2.28. The molecule has 0 aliphatic carbocycles. The first kappa shape index (κ1) is 16.5. The summed E-state index contributed by atoms with van der Waals surface area (Å²) in [6.07, 6.45) is 3.49. The lowest BCUT2D eigenvalue weighted by Crippen LogP contribution is -2.34. The van der Waals surface area contributed by atoms with Crippen molar-refractivity contribution in [2.45, 2.75) is 13.8 Å². The minimum atomic E-state index is -0.994. The number of rotatable bonds is 6. The lowest BCUT2D eigenvalue weighted by atomic mass is 9.90. The summed E-state index contributed by atoms with van der Waals surface area (Å²) in [5, 5.41) is 0.366. The van der Waals surface area contributed by atoms with Crippen molar-refractivity contribution < 1.29 is 14.3 Å². The van der Waals surface area contributed by atoms with Gasteiger partial charge in [-0.3, -0.25) is 4.79 Å². The van der Waals surface area contributed by atoms with Crippen molar-refractivity contribution in [1.82, 2.24) is 0 Å². The van der Waals surface area contributed by atoms with E-state index in [4.69, 9.17) is 32.7 Å². The molecule has 0 aromatic heterocycles. The van der Waals surface area contributed by atoms with Gasteiger partial charge in [-0.2, -0.15) is 0 Å². The van der Waals surface area contributed by atoms with Crippen molar-refractivity contribution in [3.8, 4) is 0 Å². The lowest BCUT2D eigenvalue weighted by Gasteiger charge is -2.25. The monoisotopic (exact) mass is 280 g/mol. The molecule has 0 fully saturated rings. The summed E-state index contributed by atoms with van der Waals surface area (Å²) in [6.45, 7) is 3.69. The highest BCUT2D eigenvalue weighted by molar-refractivity contribution is 6.32. The van der Waals surface area contributed by atoms with E-state index in [-0.39, 0.29) is 6.61 Å². The Morgan fingerprint density at radius 2 is 2.00 bits per heavy atom. The Labute approximate surface area is 112 Å². The first-order valence-corrected chi connectivity index (χ1v) is 6.01. The highest BCUT2D eigenvalue weighted by Crippen LogP contribution is 2.32. The summed E-state index contributed by atoms with van der Waals surface area (Å²) in [4.78, 5) is 11.7. The van der Waals surface area contributed by atoms with Crippen LogP contribution in [0.3, 0.4) is 0 Å². The van der Waals surface area contributed by atoms with Gasteiger partial charge in [0, 0.05) is 18.0 Å². The summed E-state index contributed by atoms with van der Waals surface area (Å²) in [7, 11) is 2.83. The van der Waals surface area contributed by atoms with E-state index in [1.807, 2.05) is 6.92 Å². The topological polar surface area (TPSA) is 35.5 Å². The summed E-state index contributed by atoms with van der Waals surface area (Å²) in [5.74, 6) is -0.0367. The van der Waals surface area contributed by atoms with Crippen molar-refractivity contribution in [3.63, 3.8) is 0 Å². The highest BCUT2D eigenvalue weighted by atomic mass is 35.5. The van der Waals surface area contributed by atoms with Crippen LogP contribution in [0.25, 0.3) is 0 Å². The van der Waals surface area contributed by atoms with Crippen LogP contribution in [0.5, 0.6) is 0 Å². The molecule has 0 aliphatic heterocycles. The molecule has 17 heavy (non-hydrogen) atoms. The van der Waals surface area contributed by atoms with Crippen molar-refractivity contribution in [1.29, 1.82) is 0 Å². The molecule has 1 atom stereocenters. The van der Waals surface area contributed by atoms with Crippen molar-refractivity contribution >= 4 is 29.2 Å². The Morgan fingerprint density at radius 3 is 2.41 bits per heavy atom. The van der Waals surface area contributed by atoms with E-state index in [0.717, 1.165) is 5.57 Å². The fourth-order valence-corrected chi connectivity index (χ4v) is 1.83. The lowest BCUT2D eigenvalue weighted by molar-refractivity contribution is -0.151. The Bertz CT molecular complexity index is 324. The van der Waals surface area contributed by atoms with Crippen molar-refractivity contribution in [2.75, 3.05) is 26.7 Å². The standard InChI is InChI=1S/C12H18Cl2O3/c1-9(5-6-13)7-10(14)12(2,8-16-3)11(15)17-4/h5,7H,6,8H2,1-4H3. The zero-order valence-electron chi connectivity index (χ0n) is 10.5. The molecule has 0 aliphatic rings. The summed E-state index contributed by atoms with van der Waals surface area (Å²) in [5.41, 5.74) is -0.108. The molecule has 0 bridgehead atoms. The Hall–Kier alpha value is -0.510. The van der Waals surface area contributed by atoms with Crippen molar-refractivity contribution in [3.05, 3.63) is 22.8 Å². The van der Waals surface area contributed by atoms with Crippen LogP contribution in [-0.4, -0.2) is 32.7 Å². The largest absolute Gasteiger partial charge is 0.468 e. The molecule has 0 spiro atoms. The van der Waals surface area contributed by atoms with Crippen LogP contribution in [0, 0.1) is 5.41 Å². The number of ether oxygens (including phenoxy) is 2. The van der Waals surface area contributed by atoms with E-state index < -0.39 is 11.4 Å². The molecule has 98 valence electrons. The SMILES string of the molecule is COCC(C)(C(=O)OC)C(Cl)=CC(C)=CCCl. The van der Waals surface area contributed by atoms with Gasteiger partial charge < -0.3 is 9.47 Å². The first-order chi connectivity index (χ1) is 7.92. The number of allylic oxidation sites excluding steroid dienone is 3. The van der Waals surface area contributed by atoms with E-state index in [1.165, 1.54) is 14.2 Å². The highest BCUT2D eigenvalue weighted by Gasteiger charge is 2.38. The Balaban J connectivity index is 5.19. The third-order valence-electron chi connectivity index (χ3n) is 2.35. The quantitative estimate of drug-likeness (QED) is 0.426. The van der Waals surface area contributed by atoms with Gasteiger partial charge in [0.2, 0.25) is 0 Å². The van der Waals surface area contributed by atoms with E-state index in [9.17, 15) is 4.79 Å². The molecule has 3 nitrogen and oxygen atoms in total. The van der Waals surface area contributed by atoms with Gasteiger partial charge in [-0.05, 0) is 19.9 Å². The number of hydrogen-bond donors (Lipinski definition) is 0. The number of halogens is 2. The van der Waals surface area contributed by atoms with Gasteiger partial charge in [0.1, 0.15) is 5.41 Å². The molecule has 0 heterocycles. The number of hydrogen-bond acceptors (Lipinski definition) is 3. The molecule has 0 amide bonds. The van der Waals surface area contributed by atoms with Gasteiger partial charge in [-0.1, -0.05) is 23.3 Å². The molecule has 0 saturated carbocycles. The van der Waals surface area contributed by atoms with Crippen LogP contribution in [0.1, 0.15) is 13.8 Å². The van der Waals surface area contributed by atoms with E-state index in [0.29, 0.717) is 10.9 Å². The molecule has 0 saturated heterocycles. The number of carbonyl (C=O) groups excluding carboxylic acids is 1. The maximum Gasteiger partial charge on any atom is 0.319 e. The zero-order valence-corrected chi connectivity index (χ0v) is 12.1.